The Hall–Kier alpha value is -2.11. The van der Waals surface area contributed by atoms with E-state index in [9.17, 15) is 8.42 Å². The molecule has 1 aromatic rings. The molecule has 102 valence electrons. The SMILES string of the molecule is COc1ccc(S(=O)(=O)NCCC(O)=C[N+]#N)cc1. The minimum atomic E-state index is -3.63. The molecule has 2 N–H and O–H groups in total. The summed E-state index contributed by atoms with van der Waals surface area (Å²) in [6.07, 6.45) is 0.862. The van der Waals surface area contributed by atoms with Gasteiger partial charge < -0.3 is 9.84 Å². The Morgan fingerprint density at radius 2 is 2.11 bits per heavy atom. The molecule has 0 aliphatic heterocycles. The number of nitrogens with one attached hydrogen (secondary N) is 1. The molecule has 0 saturated heterocycles. The fourth-order valence-electron chi connectivity index (χ4n) is 1.28. The first kappa shape index (κ1) is 14.9. The lowest BCUT2D eigenvalue weighted by atomic mass is 10.3. The van der Waals surface area contributed by atoms with Crippen molar-refractivity contribution in [1.29, 1.82) is 5.39 Å². The average molecular weight is 284 g/mol. The van der Waals surface area contributed by atoms with E-state index in [1.165, 1.54) is 31.4 Å². The smallest absolute Gasteiger partial charge is 0.387 e. The number of aliphatic hydroxyl groups is 1. The molecule has 8 heteroatoms. The molecule has 0 fully saturated rings. The van der Waals surface area contributed by atoms with Crippen LogP contribution < -0.4 is 9.46 Å². The summed E-state index contributed by atoms with van der Waals surface area (Å²) in [6.45, 7) is -0.00772. The second kappa shape index (κ2) is 6.72. The topological polar surface area (TPSA) is 104 Å². The van der Waals surface area contributed by atoms with Crippen LogP contribution in [0.15, 0.2) is 41.1 Å². The van der Waals surface area contributed by atoms with E-state index in [2.05, 4.69) is 9.70 Å². The van der Waals surface area contributed by atoms with Crippen LogP contribution >= 0.6 is 0 Å². The first-order valence-corrected chi connectivity index (χ1v) is 6.84. The van der Waals surface area contributed by atoms with E-state index in [1.54, 1.807) is 0 Å². The summed E-state index contributed by atoms with van der Waals surface area (Å²) in [4.78, 5) is 2.73. The highest BCUT2D eigenvalue weighted by Crippen LogP contribution is 2.15. The van der Waals surface area contributed by atoms with Crippen molar-refractivity contribution in [1.82, 2.24) is 4.72 Å². The maximum absolute atomic E-state index is 11.8. The number of hydrogen-bond acceptors (Lipinski definition) is 5. The monoisotopic (exact) mass is 284 g/mol. The van der Waals surface area contributed by atoms with Crippen LogP contribution in [0.5, 0.6) is 5.75 Å². The minimum Gasteiger partial charge on any atom is -0.505 e. The van der Waals surface area contributed by atoms with E-state index in [-0.39, 0.29) is 23.6 Å². The molecule has 0 amide bonds. The van der Waals surface area contributed by atoms with Gasteiger partial charge >= 0.3 is 6.20 Å². The molecule has 0 aliphatic carbocycles. The number of methoxy groups -OCH3 is 1. The Morgan fingerprint density at radius 1 is 1.47 bits per heavy atom. The molecule has 1 rings (SSSR count). The van der Waals surface area contributed by atoms with Crippen LogP contribution in [-0.4, -0.2) is 27.2 Å². The zero-order valence-corrected chi connectivity index (χ0v) is 11.1. The van der Waals surface area contributed by atoms with Gasteiger partial charge in [0, 0.05) is 13.0 Å². The van der Waals surface area contributed by atoms with Gasteiger partial charge in [-0.25, -0.2) is 13.1 Å². The first-order valence-electron chi connectivity index (χ1n) is 5.35. The summed E-state index contributed by atoms with van der Waals surface area (Å²) in [5, 5.41) is 17.3. The molecular weight excluding hydrogens is 270 g/mol. The molecule has 0 heterocycles. The lowest BCUT2D eigenvalue weighted by Crippen LogP contribution is -2.25. The third-order valence-corrected chi connectivity index (χ3v) is 3.73. The van der Waals surface area contributed by atoms with Crippen molar-refractivity contribution in [3.8, 4) is 5.75 Å². The normalized spacial score (nSPS) is 11.9. The van der Waals surface area contributed by atoms with Gasteiger partial charge in [0.15, 0.2) is 10.7 Å². The predicted octanol–water partition coefficient (Wildman–Crippen LogP) is 1.62. The Morgan fingerprint density at radius 3 is 2.63 bits per heavy atom. The molecule has 7 nitrogen and oxygen atoms in total. The van der Waals surface area contributed by atoms with Crippen LogP contribution in [-0.2, 0) is 10.0 Å². The van der Waals surface area contributed by atoms with Crippen molar-refractivity contribution < 1.29 is 18.3 Å². The molecule has 0 aromatic heterocycles. The third kappa shape index (κ3) is 4.57. The molecule has 0 aliphatic rings. The second-order valence-corrected chi connectivity index (χ2v) is 5.33. The largest absolute Gasteiger partial charge is 0.505 e. The van der Waals surface area contributed by atoms with E-state index in [0.29, 0.717) is 5.75 Å². The molecule has 0 bridgehead atoms. The van der Waals surface area contributed by atoms with E-state index in [0.717, 1.165) is 6.20 Å². The predicted molar refractivity (Wildman–Crippen MR) is 68.6 cm³/mol. The van der Waals surface area contributed by atoms with Crippen molar-refractivity contribution >= 4 is 10.0 Å². The highest BCUT2D eigenvalue weighted by atomic mass is 32.2. The van der Waals surface area contributed by atoms with Crippen LogP contribution in [0.4, 0.5) is 0 Å². The van der Waals surface area contributed by atoms with Crippen molar-refractivity contribution in [2.75, 3.05) is 13.7 Å². The molecule has 0 unspecified atom stereocenters. The van der Waals surface area contributed by atoms with Gasteiger partial charge in [-0.1, -0.05) is 0 Å². The maximum atomic E-state index is 11.8. The molecule has 1 aromatic carbocycles. The highest BCUT2D eigenvalue weighted by molar-refractivity contribution is 7.89. The highest BCUT2D eigenvalue weighted by Gasteiger charge is 2.13. The van der Waals surface area contributed by atoms with Gasteiger partial charge in [0.1, 0.15) is 5.75 Å². The van der Waals surface area contributed by atoms with E-state index in [1.807, 2.05) is 0 Å². The van der Waals surface area contributed by atoms with E-state index >= 15 is 0 Å². The van der Waals surface area contributed by atoms with Gasteiger partial charge in [-0.05, 0) is 24.3 Å². The summed E-state index contributed by atoms with van der Waals surface area (Å²) in [5.41, 5.74) is 0. The van der Waals surface area contributed by atoms with Gasteiger partial charge in [0.2, 0.25) is 15.4 Å². The lowest BCUT2D eigenvalue weighted by molar-refractivity contribution is 0.388. The number of sulfonamides is 1. The van der Waals surface area contributed by atoms with Crippen molar-refractivity contribution in [2.24, 2.45) is 0 Å². The zero-order chi connectivity index (χ0) is 14.3. The number of rotatable bonds is 6. The first-order chi connectivity index (χ1) is 8.99. The molecular formula is C11H14N3O4S+. The van der Waals surface area contributed by atoms with Crippen LogP contribution in [0.1, 0.15) is 6.42 Å². The van der Waals surface area contributed by atoms with Crippen molar-refractivity contribution in [3.05, 3.63) is 41.2 Å². The number of nitrogens with zero attached hydrogens (tertiary/aromatic N) is 2. The summed E-state index contributed by atoms with van der Waals surface area (Å²) in [5.74, 6) is 0.337. The summed E-state index contributed by atoms with van der Waals surface area (Å²) in [6, 6.07) is 5.91. The third-order valence-electron chi connectivity index (χ3n) is 2.25. The zero-order valence-electron chi connectivity index (χ0n) is 10.3. The standard InChI is InChI=1S/C11H13N3O4S/c1-18-10-2-4-11(5-3-10)19(16,17)14-7-6-9(15)8-13-12/h2-5,8,14H,6-7H2,1H3/p+1. The summed E-state index contributed by atoms with van der Waals surface area (Å²) >= 11 is 0. The minimum absolute atomic E-state index is 0.00772. The van der Waals surface area contributed by atoms with Crippen LogP contribution in [0.2, 0.25) is 0 Å². The number of aliphatic hydroxyl groups excluding tert-OH is 1. The fourth-order valence-corrected chi connectivity index (χ4v) is 2.31. The number of benzene rings is 1. The van der Waals surface area contributed by atoms with Crippen LogP contribution in [0, 0.1) is 5.39 Å². The van der Waals surface area contributed by atoms with Gasteiger partial charge in [0.25, 0.3) is 0 Å². The molecule has 0 atom stereocenters. The lowest BCUT2D eigenvalue weighted by Gasteiger charge is -2.06. The molecule has 0 saturated carbocycles. The molecule has 0 radical (unpaired) electrons. The average Bonchev–Trinajstić information content (AvgIpc) is 2.39. The van der Waals surface area contributed by atoms with Gasteiger partial charge in [-0.15, -0.1) is 0 Å². The quantitative estimate of drug-likeness (QED) is 0.610. The Bertz CT molecular complexity index is 587. The van der Waals surface area contributed by atoms with Gasteiger partial charge in [-0.2, -0.15) is 0 Å². The molecule has 19 heavy (non-hydrogen) atoms. The van der Waals surface area contributed by atoms with Crippen LogP contribution in [0.3, 0.4) is 0 Å². The summed E-state index contributed by atoms with van der Waals surface area (Å²) in [7, 11) is -2.14. The molecule has 0 spiro atoms. The second-order valence-electron chi connectivity index (χ2n) is 3.56. The Balaban J connectivity index is 2.66. The van der Waals surface area contributed by atoms with E-state index in [4.69, 9.17) is 15.2 Å². The summed E-state index contributed by atoms with van der Waals surface area (Å²) < 4.78 is 30.9. The number of ether oxygens (including phenoxy) is 1. The maximum Gasteiger partial charge on any atom is 0.387 e. The van der Waals surface area contributed by atoms with Crippen molar-refractivity contribution in [2.45, 2.75) is 11.3 Å². The number of diazo groups is 1. The van der Waals surface area contributed by atoms with Gasteiger partial charge in [0.05, 0.1) is 12.0 Å². The van der Waals surface area contributed by atoms with Crippen LogP contribution in [0.25, 0.3) is 4.98 Å². The van der Waals surface area contributed by atoms with E-state index < -0.39 is 10.0 Å². The number of hydrogen-bond donors (Lipinski definition) is 2. The van der Waals surface area contributed by atoms with Gasteiger partial charge in [-0.3, -0.25) is 0 Å². The van der Waals surface area contributed by atoms with Crippen molar-refractivity contribution in [3.63, 3.8) is 0 Å². The fraction of sp³-hybridized carbons (Fsp3) is 0.273. The Kier molecular flexibility index (Phi) is 5.29. The Labute approximate surface area is 111 Å².